The van der Waals surface area contributed by atoms with Gasteiger partial charge in [-0.25, -0.2) is 4.98 Å². The van der Waals surface area contributed by atoms with Gasteiger partial charge in [0.25, 0.3) is 0 Å². The van der Waals surface area contributed by atoms with Crippen molar-refractivity contribution in [3.63, 3.8) is 0 Å². The first-order valence-electron chi connectivity index (χ1n) is 5.80. The average Bonchev–Trinajstić information content (AvgIpc) is 2.54. The number of nitrogens with zero attached hydrogens (tertiary/aromatic N) is 1. The molecule has 0 aliphatic rings. The van der Waals surface area contributed by atoms with E-state index in [4.69, 9.17) is 17.3 Å². The summed E-state index contributed by atoms with van der Waals surface area (Å²) in [4.78, 5) is 4.46. The monoisotopic (exact) mass is 268 g/mol. The third kappa shape index (κ3) is 2.14. The van der Waals surface area contributed by atoms with Crippen molar-refractivity contribution in [1.29, 1.82) is 0 Å². The summed E-state index contributed by atoms with van der Waals surface area (Å²) in [6, 6.07) is 1.99. The Kier molecular flexibility index (Phi) is 3.32. The van der Waals surface area contributed by atoms with E-state index in [1.54, 1.807) is 0 Å². The summed E-state index contributed by atoms with van der Waals surface area (Å²) in [7, 11) is 0. The van der Waals surface area contributed by atoms with E-state index in [9.17, 15) is 0 Å². The lowest BCUT2D eigenvalue weighted by Crippen LogP contribution is -2.01. The molecule has 0 radical (unpaired) electrons. The van der Waals surface area contributed by atoms with Gasteiger partial charge >= 0.3 is 0 Å². The molecule has 0 unspecified atom stereocenters. The Bertz CT molecular complexity index is 558. The van der Waals surface area contributed by atoms with Crippen molar-refractivity contribution in [2.45, 2.75) is 39.5 Å². The van der Waals surface area contributed by atoms with Crippen LogP contribution in [0.2, 0.25) is 5.02 Å². The summed E-state index contributed by atoms with van der Waals surface area (Å²) in [5.41, 5.74) is 9.28. The molecule has 2 N–H and O–H groups in total. The Labute approximate surface area is 111 Å². The van der Waals surface area contributed by atoms with E-state index in [-0.39, 0.29) is 0 Å². The quantitative estimate of drug-likeness (QED) is 0.851. The predicted octanol–water partition coefficient (Wildman–Crippen LogP) is 4.78. The molecule has 0 aliphatic heterocycles. The summed E-state index contributed by atoms with van der Waals surface area (Å²) in [6.45, 7) is 8.67. The van der Waals surface area contributed by atoms with Crippen LogP contribution in [-0.2, 0) is 0 Å². The van der Waals surface area contributed by atoms with E-state index < -0.39 is 0 Å². The minimum absolute atomic E-state index is 0.396. The first kappa shape index (κ1) is 12.7. The zero-order chi connectivity index (χ0) is 12.7. The number of anilines is 1. The standard InChI is InChI=1S/C13H17ClN2S/c1-6(2)10-8(14)5-9-12(11(10)7(3)4)16-13(15)17-9/h5-7H,1-4H3,(H2,15,16). The molecule has 0 bridgehead atoms. The highest BCUT2D eigenvalue weighted by Gasteiger charge is 2.19. The minimum Gasteiger partial charge on any atom is -0.375 e. The van der Waals surface area contributed by atoms with E-state index in [0.717, 1.165) is 15.2 Å². The van der Waals surface area contributed by atoms with Crippen LogP contribution >= 0.6 is 22.9 Å². The number of rotatable bonds is 2. The highest BCUT2D eigenvalue weighted by Crippen LogP contribution is 2.40. The topological polar surface area (TPSA) is 38.9 Å². The molecule has 1 aromatic heterocycles. The number of hydrogen-bond donors (Lipinski definition) is 1. The first-order chi connectivity index (χ1) is 7.91. The largest absolute Gasteiger partial charge is 0.375 e. The number of thiazole rings is 1. The maximum Gasteiger partial charge on any atom is 0.181 e. The molecule has 2 rings (SSSR count). The lowest BCUT2D eigenvalue weighted by molar-refractivity contribution is 0.796. The fourth-order valence-electron chi connectivity index (χ4n) is 2.26. The number of benzene rings is 1. The van der Waals surface area contributed by atoms with E-state index in [0.29, 0.717) is 17.0 Å². The molecular weight excluding hydrogens is 252 g/mol. The van der Waals surface area contributed by atoms with Crippen LogP contribution in [0.25, 0.3) is 10.2 Å². The average molecular weight is 269 g/mol. The molecule has 2 aromatic rings. The van der Waals surface area contributed by atoms with E-state index in [2.05, 4.69) is 32.7 Å². The summed E-state index contributed by atoms with van der Waals surface area (Å²) in [5, 5.41) is 1.44. The molecule has 0 amide bonds. The van der Waals surface area contributed by atoms with Gasteiger partial charge in [-0.15, -0.1) is 0 Å². The molecule has 0 saturated heterocycles. The molecule has 0 fully saturated rings. The second-order valence-electron chi connectivity index (χ2n) is 4.89. The number of halogens is 1. The van der Waals surface area contributed by atoms with Gasteiger partial charge in [0.1, 0.15) is 0 Å². The maximum atomic E-state index is 6.39. The van der Waals surface area contributed by atoms with E-state index >= 15 is 0 Å². The second kappa shape index (κ2) is 4.46. The normalized spacial score (nSPS) is 11.9. The van der Waals surface area contributed by atoms with Crippen LogP contribution in [0.1, 0.15) is 50.7 Å². The molecule has 1 aromatic carbocycles. The predicted molar refractivity (Wildman–Crippen MR) is 77.2 cm³/mol. The smallest absolute Gasteiger partial charge is 0.181 e. The lowest BCUT2D eigenvalue weighted by Gasteiger charge is -2.18. The van der Waals surface area contributed by atoms with Crippen molar-refractivity contribution in [2.75, 3.05) is 5.73 Å². The number of hydrogen-bond acceptors (Lipinski definition) is 3. The molecule has 0 atom stereocenters. The first-order valence-corrected chi connectivity index (χ1v) is 6.99. The zero-order valence-corrected chi connectivity index (χ0v) is 12.1. The van der Waals surface area contributed by atoms with Crippen molar-refractivity contribution < 1.29 is 0 Å². The fourth-order valence-corrected chi connectivity index (χ4v) is 3.55. The molecule has 17 heavy (non-hydrogen) atoms. The van der Waals surface area contributed by atoms with Crippen molar-refractivity contribution in [2.24, 2.45) is 0 Å². The Morgan fingerprint density at radius 1 is 1.18 bits per heavy atom. The van der Waals surface area contributed by atoms with Crippen LogP contribution in [0.4, 0.5) is 5.13 Å². The SMILES string of the molecule is CC(C)c1c(Cl)cc2sc(N)nc2c1C(C)C. The summed E-state index contributed by atoms with van der Waals surface area (Å²) in [6.07, 6.45) is 0. The Morgan fingerprint density at radius 2 is 1.76 bits per heavy atom. The Morgan fingerprint density at radius 3 is 2.29 bits per heavy atom. The van der Waals surface area contributed by atoms with Crippen LogP contribution in [0.5, 0.6) is 0 Å². The van der Waals surface area contributed by atoms with Gasteiger partial charge in [0, 0.05) is 5.02 Å². The number of nitrogen functional groups attached to an aromatic ring is 1. The van der Waals surface area contributed by atoms with Gasteiger partial charge in [0.2, 0.25) is 0 Å². The van der Waals surface area contributed by atoms with Crippen molar-refractivity contribution in [1.82, 2.24) is 4.98 Å². The summed E-state index contributed by atoms with van der Waals surface area (Å²) >= 11 is 7.90. The zero-order valence-electron chi connectivity index (χ0n) is 10.5. The molecule has 4 heteroatoms. The molecular formula is C13H17ClN2S. The molecule has 0 spiro atoms. The third-order valence-electron chi connectivity index (χ3n) is 2.89. The summed E-state index contributed by atoms with van der Waals surface area (Å²) in [5.74, 6) is 0.794. The third-order valence-corrected chi connectivity index (χ3v) is 4.03. The second-order valence-corrected chi connectivity index (χ2v) is 6.36. The van der Waals surface area contributed by atoms with Crippen LogP contribution in [0.3, 0.4) is 0 Å². The molecule has 0 saturated carbocycles. The number of nitrogens with two attached hydrogens (primary N) is 1. The summed E-state index contributed by atoms with van der Waals surface area (Å²) < 4.78 is 1.08. The van der Waals surface area contributed by atoms with Crippen LogP contribution in [0.15, 0.2) is 6.07 Å². The minimum atomic E-state index is 0.396. The lowest BCUT2D eigenvalue weighted by atomic mass is 9.90. The van der Waals surface area contributed by atoms with Gasteiger partial charge in [0.15, 0.2) is 5.13 Å². The van der Waals surface area contributed by atoms with Gasteiger partial charge in [-0.1, -0.05) is 50.6 Å². The van der Waals surface area contributed by atoms with Gasteiger partial charge < -0.3 is 5.73 Å². The van der Waals surface area contributed by atoms with E-state index in [1.807, 2.05) is 6.07 Å². The fraction of sp³-hybridized carbons (Fsp3) is 0.462. The Hall–Kier alpha value is -0.800. The van der Waals surface area contributed by atoms with Crippen LogP contribution in [-0.4, -0.2) is 4.98 Å². The van der Waals surface area contributed by atoms with Crippen molar-refractivity contribution in [3.8, 4) is 0 Å². The molecule has 0 aliphatic carbocycles. The van der Waals surface area contributed by atoms with E-state index in [1.165, 1.54) is 22.5 Å². The molecule has 2 nitrogen and oxygen atoms in total. The van der Waals surface area contributed by atoms with Crippen molar-refractivity contribution >= 4 is 38.3 Å². The highest BCUT2D eigenvalue weighted by atomic mass is 35.5. The van der Waals surface area contributed by atoms with Crippen LogP contribution < -0.4 is 5.73 Å². The number of aromatic nitrogens is 1. The van der Waals surface area contributed by atoms with Gasteiger partial charge in [-0.2, -0.15) is 0 Å². The van der Waals surface area contributed by atoms with Gasteiger partial charge in [0.05, 0.1) is 10.2 Å². The highest BCUT2D eigenvalue weighted by molar-refractivity contribution is 7.22. The maximum absolute atomic E-state index is 6.39. The Balaban J connectivity index is 2.87. The molecule has 92 valence electrons. The molecule has 1 heterocycles. The van der Waals surface area contributed by atoms with Gasteiger partial charge in [-0.05, 0) is 29.0 Å². The van der Waals surface area contributed by atoms with Crippen LogP contribution in [0, 0.1) is 0 Å². The number of fused-ring (bicyclic) bond motifs is 1. The van der Waals surface area contributed by atoms with Crippen molar-refractivity contribution in [3.05, 3.63) is 22.2 Å². The van der Waals surface area contributed by atoms with Gasteiger partial charge in [-0.3, -0.25) is 0 Å².